The Labute approximate surface area is 380 Å². The van der Waals surface area contributed by atoms with Crippen molar-refractivity contribution in [2.75, 3.05) is 13.2 Å². The van der Waals surface area contributed by atoms with Crippen molar-refractivity contribution in [1.29, 1.82) is 0 Å². The molecule has 362 valence electrons. The molecule has 0 aliphatic rings. The zero-order chi connectivity index (χ0) is 44.4. The molecule has 6 nitrogen and oxygen atoms in total. The lowest BCUT2D eigenvalue weighted by Gasteiger charge is -2.18. The van der Waals surface area contributed by atoms with Crippen molar-refractivity contribution < 1.29 is 28.6 Å². The van der Waals surface area contributed by atoms with Gasteiger partial charge in [0.1, 0.15) is 13.2 Å². The summed E-state index contributed by atoms with van der Waals surface area (Å²) in [5, 5.41) is 0. The summed E-state index contributed by atoms with van der Waals surface area (Å²) in [6.45, 7) is 6.64. The molecule has 0 amide bonds. The van der Waals surface area contributed by atoms with Gasteiger partial charge in [-0.3, -0.25) is 14.4 Å². The second-order valence-electron chi connectivity index (χ2n) is 18.9. The number of ether oxygens (including phenoxy) is 3. The summed E-state index contributed by atoms with van der Waals surface area (Å²) < 4.78 is 16.7. The van der Waals surface area contributed by atoms with Crippen LogP contribution in [0.4, 0.5) is 0 Å². The van der Waals surface area contributed by atoms with Gasteiger partial charge in [-0.2, -0.15) is 0 Å². The average molecular weight is 863 g/mol. The summed E-state index contributed by atoms with van der Waals surface area (Å²) in [5.74, 6) is -0.850. The SMILES string of the molecule is CCCCCCCCCCCCCCCCCCCCCCCCC(=O)OCC(COC(=O)CCCCCCCC)OC(=O)CCCCCCCCCCCCCCCCC. The molecule has 0 aromatic rings. The lowest BCUT2D eigenvalue weighted by molar-refractivity contribution is -0.167. The zero-order valence-corrected chi connectivity index (χ0v) is 41.5. The summed E-state index contributed by atoms with van der Waals surface area (Å²) in [5.41, 5.74) is 0. The van der Waals surface area contributed by atoms with Crippen molar-refractivity contribution in [3.8, 4) is 0 Å². The highest BCUT2D eigenvalue weighted by molar-refractivity contribution is 5.71. The number of carbonyl (C=O) groups excluding carboxylic acids is 3. The Bertz CT molecular complexity index is 905. The molecular formula is C55H106O6. The fraction of sp³-hybridized carbons (Fsp3) is 0.945. The molecule has 0 spiro atoms. The molecular weight excluding hydrogens is 757 g/mol. The van der Waals surface area contributed by atoms with Crippen LogP contribution >= 0.6 is 0 Å². The van der Waals surface area contributed by atoms with Crippen LogP contribution in [0.2, 0.25) is 0 Å². The quantitative estimate of drug-likeness (QED) is 0.0344. The first-order chi connectivity index (χ1) is 30.0. The van der Waals surface area contributed by atoms with Gasteiger partial charge in [-0.25, -0.2) is 0 Å². The van der Waals surface area contributed by atoms with Crippen LogP contribution in [0.1, 0.15) is 316 Å². The van der Waals surface area contributed by atoms with Crippen LogP contribution in [0.15, 0.2) is 0 Å². The van der Waals surface area contributed by atoms with Crippen LogP contribution in [0.25, 0.3) is 0 Å². The highest BCUT2D eigenvalue weighted by Gasteiger charge is 2.19. The van der Waals surface area contributed by atoms with Gasteiger partial charge in [0.25, 0.3) is 0 Å². The molecule has 0 aromatic carbocycles. The van der Waals surface area contributed by atoms with Crippen LogP contribution in [-0.4, -0.2) is 37.2 Å². The van der Waals surface area contributed by atoms with Gasteiger partial charge in [-0.05, 0) is 19.3 Å². The van der Waals surface area contributed by atoms with Crippen molar-refractivity contribution in [1.82, 2.24) is 0 Å². The monoisotopic (exact) mass is 863 g/mol. The van der Waals surface area contributed by atoms with Gasteiger partial charge < -0.3 is 14.2 Å². The molecule has 0 fully saturated rings. The van der Waals surface area contributed by atoms with Crippen LogP contribution in [0, 0.1) is 0 Å². The van der Waals surface area contributed by atoms with Gasteiger partial charge >= 0.3 is 17.9 Å². The number of hydrogen-bond donors (Lipinski definition) is 0. The van der Waals surface area contributed by atoms with Crippen molar-refractivity contribution in [3.05, 3.63) is 0 Å². The van der Waals surface area contributed by atoms with E-state index >= 15 is 0 Å². The van der Waals surface area contributed by atoms with Crippen molar-refractivity contribution >= 4 is 17.9 Å². The highest BCUT2D eigenvalue weighted by Crippen LogP contribution is 2.17. The van der Waals surface area contributed by atoms with E-state index in [1.54, 1.807) is 0 Å². The molecule has 0 aromatic heterocycles. The fourth-order valence-corrected chi connectivity index (χ4v) is 8.45. The first kappa shape index (κ1) is 59.4. The molecule has 0 aliphatic carbocycles. The minimum atomic E-state index is -0.758. The minimum absolute atomic E-state index is 0.0625. The third kappa shape index (κ3) is 49.3. The Morgan fingerprint density at radius 2 is 0.443 bits per heavy atom. The second-order valence-corrected chi connectivity index (χ2v) is 18.9. The van der Waals surface area contributed by atoms with Crippen LogP contribution in [-0.2, 0) is 28.6 Å². The van der Waals surface area contributed by atoms with Gasteiger partial charge in [0.15, 0.2) is 6.10 Å². The fourth-order valence-electron chi connectivity index (χ4n) is 8.45. The second kappa shape index (κ2) is 51.0. The summed E-state index contributed by atoms with van der Waals surface area (Å²) >= 11 is 0. The number of hydrogen-bond acceptors (Lipinski definition) is 6. The molecule has 0 aliphatic heterocycles. The number of unbranched alkanes of at least 4 members (excludes halogenated alkanes) is 40. The van der Waals surface area contributed by atoms with E-state index in [4.69, 9.17) is 14.2 Å². The Kier molecular flexibility index (Phi) is 49.7. The summed E-state index contributed by atoms with van der Waals surface area (Å²) in [7, 11) is 0. The molecule has 0 heterocycles. The van der Waals surface area contributed by atoms with Gasteiger partial charge in [-0.1, -0.05) is 278 Å². The maximum absolute atomic E-state index is 12.7. The van der Waals surface area contributed by atoms with Gasteiger partial charge in [0.2, 0.25) is 0 Å². The Morgan fingerprint density at radius 3 is 0.656 bits per heavy atom. The molecule has 0 radical (unpaired) electrons. The van der Waals surface area contributed by atoms with Crippen LogP contribution in [0.5, 0.6) is 0 Å². The summed E-state index contributed by atoms with van der Waals surface area (Å²) in [6.07, 6.45) is 55.5. The maximum Gasteiger partial charge on any atom is 0.306 e. The van der Waals surface area contributed by atoms with E-state index in [-0.39, 0.29) is 31.1 Å². The Balaban J connectivity index is 4.07. The standard InChI is InChI=1S/C55H106O6/c1-4-7-10-13-16-18-20-22-24-25-26-27-28-29-30-32-33-35-37-39-42-45-48-54(57)60-51-52(50-59-53(56)47-44-41-15-12-9-6-3)61-55(58)49-46-43-40-38-36-34-31-23-21-19-17-14-11-8-5-2/h52H,4-51H2,1-3H3. The maximum atomic E-state index is 12.7. The molecule has 0 saturated carbocycles. The van der Waals surface area contributed by atoms with Crippen LogP contribution in [0.3, 0.4) is 0 Å². The molecule has 0 bridgehead atoms. The molecule has 0 saturated heterocycles. The van der Waals surface area contributed by atoms with E-state index < -0.39 is 6.10 Å². The zero-order valence-electron chi connectivity index (χ0n) is 41.5. The first-order valence-electron chi connectivity index (χ1n) is 27.5. The van der Waals surface area contributed by atoms with Gasteiger partial charge in [-0.15, -0.1) is 0 Å². The Hall–Kier alpha value is -1.59. The summed E-state index contributed by atoms with van der Waals surface area (Å²) in [6, 6.07) is 0. The number of carbonyl (C=O) groups is 3. The molecule has 6 heteroatoms. The normalized spacial score (nSPS) is 11.9. The molecule has 0 rings (SSSR count). The smallest absolute Gasteiger partial charge is 0.306 e. The average Bonchev–Trinajstić information content (AvgIpc) is 3.26. The Morgan fingerprint density at radius 1 is 0.262 bits per heavy atom. The highest BCUT2D eigenvalue weighted by atomic mass is 16.6. The van der Waals surface area contributed by atoms with E-state index in [0.717, 1.165) is 57.8 Å². The van der Waals surface area contributed by atoms with E-state index in [0.29, 0.717) is 19.3 Å². The third-order valence-corrected chi connectivity index (χ3v) is 12.6. The van der Waals surface area contributed by atoms with Crippen molar-refractivity contribution in [2.24, 2.45) is 0 Å². The van der Waals surface area contributed by atoms with Crippen molar-refractivity contribution in [2.45, 2.75) is 322 Å². The van der Waals surface area contributed by atoms with E-state index in [1.807, 2.05) is 0 Å². The summed E-state index contributed by atoms with van der Waals surface area (Å²) in [4.78, 5) is 37.8. The predicted octanol–water partition coefficient (Wildman–Crippen LogP) is 18.0. The van der Waals surface area contributed by atoms with Crippen LogP contribution < -0.4 is 0 Å². The predicted molar refractivity (Wildman–Crippen MR) is 261 cm³/mol. The molecule has 61 heavy (non-hydrogen) atoms. The largest absolute Gasteiger partial charge is 0.462 e. The van der Waals surface area contributed by atoms with Gasteiger partial charge in [0.05, 0.1) is 0 Å². The molecule has 1 atom stereocenters. The van der Waals surface area contributed by atoms with Crippen molar-refractivity contribution in [3.63, 3.8) is 0 Å². The number of rotatable bonds is 51. The first-order valence-corrected chi connectivity index (χ1v) is 27.5. The molecule has 0 N–H and O–H groups in total. The topological polar surface area (TPSA) is 78.9 Å². The lowest BCUT2D eigenvalue weighted by Crippen LogP contribution is -2.30. The van der Waals surface area contributed by atoms with E-state index in [1.165, 1.54) is 218 Å². The molecule has 1 unspecified atom stereocenters. The lowest BCUT2D eigenvalue weighted by atomic mass is 10.0. The number of esters is 3. The third-order valence-electron chi connectivity index (χ3n) is 12.6. The van der Waals surface area contributed by atoms with E-state index in [9.17, 15) is 14.4 Å². The van der Waals surface area contributed by atoms with E-state index in [2.05, 4.69) is 20.8 Å². The minimum Gasteiger partial charge on any atom is -0.462 e. The van der Waals surface area contributed by atoms with Gasteiger partial charge in [0, 0.05) is 19.3 Å².